The smallest absolute Gasteiger partial charge is 0.262 e. The van der Waals surface area contributed by atoms with Gasteiger partial charge in [0.05, 0.1) is 5.69 Å². The summed E-state index contributed by atoms with van der Waals surface area (Å²) in [5.74, 6) is -0.445. The molecule has 0 atom stereocenters. The van der Waals surface area contributed by atoms with Gasteiger partial charge in [0.15, 0.2) is 12.4 Å². The van der Waals surface area contributed by atoms with Crippen molar-refractivity contribution in [1.82, 2.24) is 0 Å². The molecule has 1 aliphatic rings. The highest BCUT2D eigenvalue weighted by Crippen LogP contribution is 2.28. The van der Waals surface area contributed by atoms with Gasteiger partial charge in [0.2, 0.25) is 5.91 Å². The Bertz CT molecular complexity index is 525. The van der Waals surface area contributed by atoms with Gasteiger partial charge >= 0.3 is 0 Å². The summed E-state index contributed by atoms with van der Waals surface area (Å²) in [7, 11) is 0. The van der Waals surface area contributed by atoms with Crippen LogP contribution in [0.15, 0.2) is 18.2 Å². The van der Waals surface area contributed by atoms with Crippen molar-refractivity contribution in [2.24, 2.45) is 5.73 Å². The zero-order valence-electron chi connectivity index (χ0n) is 9.56. The number of nitrogens with two attached hydrogens (primary N) is 1. The molecule has 6 heteroatoms. The lowest BCUT2D eigenvalue weighted by molar-refractivity contribution is -0.119. The quantitative estimate of drug-likeness (QED) is 0.756. The second kappa shape index (κ2) is 4.87. The van der Waals surface area contributed by atoms with Crippen LogP contribution in [0.2, 0.25) is 0 Å². The van der Waals surface area contributed by atoms with E-state index in [2.05, 4.69) is 5.32 Å². The number of rotatable bonds is 4. The van der Waals surface area contributed by atoms with E-state index in [1.165, 1.54) is 6.07 Å². The molecule has 1 heterocycles. The van der Waals surface area contributed by atoms with E-state index in [-0.39, 0.29) is 31.1 Å². The van der Waals surface area contributed by atoms with Crippen LogP contribution in [0.25, 0.3) is 0 Å². The molecule has 2 rings (SSSR count). The number of carbonyl (C=O) groups excluding carboxylic acids is 3. The Morgan fingerprint density at radius 2 is 2.11 bits per heavy atom. The van der Waals surface area contributed by atoms with Crippen molar-refractivity contribution in [2.45, 2.75) is 12.8 Å². The molecule has 18 heavy (non-hydrogen) atoms. The first kappa shape index (κ1) is 12.1. The molecule has 1 aromatic rings. The highest BCUT2D eigenvalue weighted by Gasteiger charge is 2.17. The van der Waals surface area contributed by atoms with E-state index in [9.17, 15) is 14.4 Å². The number of nitrogens with one attached hydrogen (secondary N) is 1. The van der Waals surface area contributed by atoms with Crippen LogP contribution in [-0.4, -0.2) is 24.2 Å². The molecule has 0 spiro atoms. The number of anilines is 1. The maximum Gasteiger partial charge on any atom is 0.262 e. The number of amides is 2. The first-order valence-electron chi connectivity index (χ1n) is 5.44. The van der Waals surface area contributed by atoms with Crippen molar-refractivity contribution in [3.05, 3.63) is 23.8 Å². The highest BCUT2D eigenvalue weighted by molar-refractivity contribution is 6.01. The fraction of sp³-hybridized carbons (Fsp3) is 0.250. The molecule has 0 unspecified atom stereocenters. The molecule has 0 radical (unpaired) electrons. The van der Waals surface area contributed by atoms with Gasteiger partial charge in [0.25, 0.3) is 5.91 Å². The lowest BCUT2D eigenvalue weighted by Crippen LogP contribution is -2.25. The molecule has 1 aliphatic heterocycles. The van der Waals surface area contributed by atoms with E-state index in [0.29, 0.717) is 17.0 Å². The van der Waals surface area contributed by atoms with Crippen LogP contribution in [0.5, 0.6) is 5.75 Å². The molecule has 0 aromatic heterocycles. The summed E-state index contributed by atoms with van der Waals surface area (Å²) < 4.78 is 5.17. The first-order valence-corrected chi connectivity index (χ1v) is 5.44. The van der Waals surface area contributed by atoms with E-state index >= 15 is 0 Å². The van der Waals surface area contributed by atoms with E-state index in [1.807, 2.05) is 0 Å². The Hall–Kier alpha value is -2.37. The molecule has 1 aromatic carbocycles. The maximum atomic E-state index is 11.8. The molecule has 0 aliphatic carbocycles. The summed E-state index contributed by atoms with van der Waals surface area (Å²) in [6.07, 6.45) is 0.0711. The average molecular weight is 248 g/mol. The lowest BCUT2D eigenvalue weighted by Gasteiger charge is -2.18. The van der Waals surface area contributed by atoms with Crippen molar-refractivity contribution in [1.29, 1.82) is 0 Å². The average Bonchev–Trinajstić information content (AvgIpc) is 2.34. The van der Waals surface area contributed by atoms with Crippen molar-refractivity contribution in [3.63, 3.8) is 0 Å². The third kappa shape index (κ3) is 2.65. The minimum atomic E-state index is -0.516. The van der Waals surface area contributed by atoms with Crippen LogP contribution >= 0.6 is 0 Å². The molecule has 0 bridgehead atoms. The summed E-state index contributed by atoms with van der Waals surface area (Å²) in [6, 6.07) is 4.75. The van der Waals surface area contributed by atoms with Crippen molar-refractivity contribution in [2.75, 3.05) is 11.9 Å². The number of primary amides is 1. The molecule has 0 saturated carbocycles. The van der Waals surface area contributed by atoms with E-state index < -0.39 is 5.91 Å². The minimum Gasteiger partial charge on any atom is -0.482 e. The standard InChI is InChI=1S/C12H12N2O4/c13-11(16)4-2-9(15)7-1-3-10-8(5-7)14-12(17)6-18-10/h1,3,5H,2,4,6H2,(H2,13,16)(H,14,17). The Kier molecular flexibility index (Phi) is 3.27. The first-order chi connectivity index (χ1) is 8.56. The van der Waals surface area contributed by atoms with Gasteiger partial charge in [0, 0.05) is 18.4 Å². The van der Waals surface area contributed by atoms with E-state index in [1.54, 1.807) is 12.1 Å². The third-order valence-electron chi connectivity index (χ3n) is 2.53. The van der Waals surface area contributed by atoms with Gasteiger partial charge in [-0.1, -0.05) is 0 Å². The topological polar surface area (TPSA) is 98.5 Å². The third-order valence-corrected chi connectivity index (χ3v) is 2.53. The van der Waals surface area contributed by atoms with Crippen LogP contribution in [0.3, 0.4) is 0 Å². The van der Waals surface area contributed by atoms with Gasteiger partial charge in [-0.15, -0.1) is 0 Å². The predicted octanol–water partition coefficient (Wildman–Crippen LogP) is 0.466. The number of carbonyl (C=O) groups is 3. The normalized spacial score (nSPS) is 13.2. The lowest BCUT2D eigenvalue weighted by atomic mass is 10.0. The zero-order chi connectivity index (χ0) is 13.1. The number of hydrogen-bond acceptors (Lipinski definition) is 4. The van der Waals surface area contributed by atoms with Crippen molar-refractivity contribution >= 4 is 23.3 Å². The predicted molar refractivity (Wildman–Crippen MR) is 63.3 cm³/mol. The van der Waals surface area contributed by atoms with Gasteiger partial charge in [-0.25, -0.2) is 0 Å². The van der Waals surface area contributed by atoms with Gasteiger partial charge in [-0.3, -0.25) is 14.4 Å². The minimum absolute atomic E-state index is 0.0127. The monoisotopic (exact) mass is 248 g/mol. The van der Waals surface area contributed by atoms with Crippen LogP contribution < -0.4 is 15.8 Å². The molecule has 2 amide bonds. The van der Waals surface area contributed by atoms with Gasteiger partial charge in [0.1, 0.15) is 5.75 Å². The SMILES string of the molecule is NC(=O)CCC(=O)c1ccc2c(c1)NC(=O)CO2. The zero-order valence-corrected chi connectivity index (χ0v) is 9.56. The number of ether oxygens (including phenoxy) is 1. The van der Waals surface area contributed by atoms with E-state index in [0.717, 1.165) is 0 Å². The number of fused-ring (bicyclic) bond motifs is 1. The van der Waals surface area contributed by atoms with Crippen LogP contribution in [0.1, 0.15) is 23.2 Å². The molecule has 3 N–H and O–H groups in total. The number of ketones is 1. The van der Waals surface area contributed by atoms with E-state index in [4.69, 9.17) is 10.5 Å². The fourth-order valence-corrected chi connectivity index (χ4v) is 1.64. The second-order valence-corrected chi connectivity index (χ2v) is 3.94. The van der Waals surface area contributed by atoms with Crippen molar-refractivity contribution in [3.8, 4) is 5.75 Å². The number of Topliss-reactive ketones (excluding diaryl/α,β-unsaturated/α-hetero) is 1. The van der Waals surface area contributed by atoms with Gasteiger partial charge < -0.3 is 15.8 Å². The Labute approximate surface area is 103 Å². The molecule has 0 fully saturated rings. The molecule has 0 saturated heterocycles. The fourth-order valence-electron chi connectivity index (χ4n) is 1.64. The Morgan fingerprint density at radius 3 is 2.83 bits per heavy atom. The summed E-state index contributed by atoms with van der Waals surface area (Å²) in [5.41, 5.74) is 5.87. The summed E-state index contributed by atoms with van der Waals surface area (Å²) >= 11 is 0. The van der Waals surface area contributed by atoms with Crippen LogP contribution in [0.4, 0.5) is 5.69 Å². The van der Waals surface area contributed by atoms with Crippen LogP contribution in [0, 0.1) is 0 Å². The molecule has 6 nitrogen and oxygen atoms in total. The highest BCUT2D eigenvalue weighted by atomic mass is 16.5. The largest absolute Gasteiger partial charge is 0.482 e. The maximum absolute atomic E-state index is 11.8. The summed E-state index contributed by atoms with van der Waals surface area (Å²) in [6.45, 7) is -0.0258. The van der Waals surface area contributed by atoms with Crippen molar-refractivity contribution < 1.29 is 19.1 Å². The Balaban J connectivity index is 2.15. The molecule has 94 valence electrons. The van der Waals surface area contributed by atoms with Crippen LogP contribution in [-0.2, 0) is 9.59 Å². The number of hydrogen-bond donors (Lipinski definition) is 2. The second-order valence-electron chi connectivity index (χ2n) is 3.94. The summed E-state index contributed by atoms with van der Waals surface area (Å²) in [4.78, 5) is 33.5. The summed E-state index contributed by atoms with van der Waals surface area (Å²) in [5, 5.41) is 2.61. The van der Waals surface area contributed by atoms with Gasteiger partial charge in [-0.2, -0.15) is 0 Å². The Morgan fingerprint density at radius 1 is 1.33 bits per heavy atom. The van der Waals surface area contributed by atoms with Gasteiger partial charge in [-0.05, 0) is 18.2 Å². The molecular weight excluding hydrogens is 236 g/mol. The number of benzene rings is 1. The molecular formula is C12H12N2O4.